The highest BCUT2D eigenvalue weighted by Crippen LogP contribution is 2.12. The zero-order valence-corrected chi connectivity index (χ0v) is 11.1. The first-order valence-electron chi connectivity index (χ1n) is 6.13. The van der Waals surface area contributed by atoms with Gasteiger partial charge in [-0.2, -0.15) is 0 Å². The van der Waals surface area contributed by atoms with E-state index in [9.17, 15) is 9.59 Å². The van der Waals surface area contributed by atoms with Crippen LogP contribution in [0, 0.1) is 0 Å². The molecule has 102 valence electrons. The molecule has 1 aliphatic rings. The Bertz CT molecular complexity index is 489. The molecule has 0 aliphatic carbocycles. The van der Waals surface area contributed by atoms with E-state index in [1.54, 1.807) is 20.3 Å². The Hall–Kier alpha value is -2.18. The standard InChI is InChI=1S/C12H17N5O2/c1-16(2)12(19)9-6-13-7-10(15-9)17-5-3-4-14-11(18)8-17/h6-7H,3-5,8H2,1-2H3,(H,14,18). The van der Waals surface area contributed by atoms with Gasteiger partial charge >= 0.3 is 0 Å². The number of anilines is 1. The number of nitrogens with zero attached hydrogens (tertiary/aromatic N) is 4. The van der Waals surface area contributed by atoms with E-state index >= 15 is 0 Å². The highest BCUT2D eigenvalue weighted by atomic mass is 16.2. The zero-order valence-electron chi connectivity index (χ0n) is 11.1. The lowest BCUT2D eigenvalue weighted by Crippen LogP contribution is -2.34. The molecule has 0 spiro atoms. The topological polar surface area (TPSA) is 78.4 Å². The molecule has 1 aliphatic heterocycles. The van der Waals surface area contributed by atoms with Gasteiger partial charge in [0.15, 0.2) is 0 Å². The van der Waals surface area contributed by atoms with Gasteiger partial charge in [-0.15, -0.1) is 0 Å². The van der Waals surface area contributed by atoms with E-state index in [-0.39, 0.29) is 24.1 Å². The number of amides is 2. The second-order valence-electron chi connectivity index (χ2n) is 4.59. The third kappa shape index (κ3) is 3.18. The largest absolute Gasteiger partial charge is 0.354 e. The maximum atomic E-state index is 11.8. The Morgan fingerprint density at radius 2 is 2.21 bits per heavy atom. The molecule has 2 rings (SSSR count). The molecule has 0 unspecified atom stereocenters. The first-order chi connectivity index (χ1) is 9.08. The first kappa shape index (κ1) is 13.3. The van der Waals surface area contributed by atoms with Crippen molar-refractivity contribution in [1.82, 2.24) is 20.2 Å². The lowest BCUT2D eigenvalue weighted by molar-refractivity contribution is -0.119. The molecule has 0 aromatic carbocycles. The molecule has 19 heavy (non-hydrogen) atoms. The van der Waals surface area contributed by atoms with E-state index in [2.05, 4.69) is 15.3 Å². The monoisotopic (exact) mass is 263 g/mol. The SMILES string of the molecule is CN(C)C(=O)c1cncc(N2CCCNC(=O)C2)n1. The van der Waals surface area contributed by atoms with Crippen molar-refractivity contribution in [1.29, 1.82) is 0 Å². The molecule has 1 aromatic rings. The van der Waals surface area contributed by atoms with Gasteiger partial charge in [0.05, 0.1) is 18.9 Å². The summed E-state index contributed by atoms with van der Waals surface area (Å²) in [7, 11) is 3.33. The van der Waals surface area contributed by atoms with E-state index < -0.39 is 0 Å². The van der Waals surface area contributed by atoms with Gasteiger partial charge in [-0.1, -0.05) is 0 Å². The van der Waals surface area contributed by atoms with Gasteiger partial charge in [-0.25, -0.2) is 4.98 Å². The third-order valence-electron chi connectivity index (χ3n) is 2.83. The molecule has 1 N–H and O–H groups in total. The van der Waals surface area contributed by atoms with Crippen LogP contribution in [-0.2, 0) is 4.79 Å². The molecule has 0 saturated carbocycles. The van der Waals surface area contributed by atoms with Crippen molar-refractivity contribution in [2.24, 2.45) is 0 Å². The van der Waals surface area contributed by atoms with Crippen molar-refractivity contribution in [2.75, 3.05) is 38.6 Å². The summed E-state index contributed by atoms with van der Waals surface area (Å²) in [6.45, 7) is 1.63. The van der Waals surface area contributed by atoms with Gasteiger partial charge < -0.3 is 15.1 Å². The Labute approximate surface area is 111 Å². The molecular formula is C12H17N5O2. The Balaban J connectivity index is 2.22. The summed E-state index contributed by atoms with van der Waals surface area (Å²) in [5, 5.41) is 2.80. The number of rotatable bonds is 2. The van der Waals surface area contributed by atoms with Crippen LogP contribution in [0.15, 0.2) is 12.4 Å². The summed E-state index contributed by atoms with van der Waals surface area (Å²) in [5.74, 6) is 0.321. The van der Waals surface area contributed by atoms with E-state index in [1.165, 1.54) is 11.1 Å². The molecule has 0 radical (unpaired) electrons. The number of hydrogen-bond acceptors (Lipinski definition) is 5. The second-order valence-corrected chi connectivity index (χ2v) is 4.59. The summed E-state index contributed by atoms with van der Waals surface area (Å²) in [6, 6.07) is 0. The molecule has 1 aromatic heterocycles. The van der Waals surface area contributed by atoms with E-state index in [1.807, 2.05) is 4.90 Å². The minimum Gasteiger partial charge on any atom is -0.354 e. The Morgan fingerprint density at radius 3 is 2.95 bits per heavy atom. The van der Waals surface area contributed by atoms with Gasteiger partial charge in [-0.3, -0.25) is 14.6 Å². The van der Waals surface area contributed by atoms with Crippen molar-refractivity contribution in [2.45, 2.75) is 6.42 Å². The number of carbonyl (C=O) groups excluding carboxylic acids is 2. The summed E-state index contributed by atoms with van der Waals surface area (Å²) < 4.78 is 0. The lowest BCUT2D eigenvalue weighted by Gasteiger charge is -2.20. The normalized spacial score (nSPS) is 15.7. The summed E-state index contributed by atoms with van der Waals surface area (Å²) in [4.78, 5) is 35.0. The number of nitrogens with one attached hydrogen (secondary N) is 1. The first-order valence-corrected chi connectivity index (χ1v) is 6.13. The maximum absolute atomic E-state index is 11.8. The fraction of sp³-hybridized carbons (Fsp3) is 0.500. The highest BCUT2D eigenvalue weighted by molar-refractivity contribution is 5.92. The lowest BCUT2D eigenvalue weighted by atomic mass is 10.3. The van der Waals surface area contributed by atoms with E-state index in [0.29, 0.717) is 18.9 Å². The molecule has 2 heterocycles. The average molecular weight is 263 g/mol. The fourth-order valence-corrected chi connectivity index (χ4v) is 1.84. The second kappa shape index (κ2) is 5.64. The zero-order chi connectivity index (χ0) is 13.8. The molecule has 1 saturated heterocycles. The van der Waals surface area contributed by atoms with Crippen LogP contribution in [0.1, 0.15) is 16.9 Å². The molecular weight excluding hydrogens is 246 g/mol. The smallest absolute Gasteiger partial charge is 0.273 e. The van der Waals surface area contributed by atoms with E-state index in [4.69, 9.17) is 0 Å². The number of carbonyl (C=O) groups is 2. The summed E-state index contributed by atoms with van der Waals surface area (Å²) in [6.07, 6.45) is 3.86. The van der Waals surface area contributed by atoms with Crippen LogP contribution in [0.5, 0.6) is 0 Å². The average Bonchev–Trinajstić information content (AvgIpc) is 2.62. The quantitative estimate of drug-likeness (QED) is 0.778. The van der Waals surface area contributed by atoms with Crippen molar-refractivity contribution >= 4 is 17.6 Å². The van der Waals surface area contributed by atoms with Gasteiger partial charge in [-0.05, 0) is 6.42 Å². The van der Waals surface area contributed by atoms with Crippen molar-refractivity contribution in [3.8, 4) is 0 Å². The molecule has 0 atom stereocenters. The Kier molecular flexibility index (Phi) is 3.94. The summed E-state index contributed by atoms with van der Waals surface area (Å²) in [5.41, 5.74) is 0.284. The summed E-state index contributed by atoms with van der Waals surface area (Å²) >= 11 is 0. The minimum atomic E-state index is -0.200. The van der Waals surface area contributed by atoms with Gasteiger partial charge in [0.25, 0.3) is 5.91 Å². The Morgan fingerprint density at radius 1 is 1.42 bits per heavy atom. The number of hydrogen-bond donors (Lipinski definition) is 1. The van der Waals surface area contributed by atoms with Crippen molar-refractivity contribution in [3.63, 3.8) is 0 Å². The minimum absolute atomic E-state index is 0.0383. The van der Waals surface area contributed by atoms with Gasteiger partial charge in [0, 0.05) is 27.2 Å². The molecule has 2 amide bonds. The molecule has 0 bridgehead atoms. The van der Waals surface area contributed by atoms with Crippen LogP contribution in [-0.4, -0.2) is 60.4 Å². The highest BCUT2D eigenvalue weighted by Gasteiger charge is 2.18. The van der Waals surface area contributed by atoms with Crippen molar-refractivity contribution in [3.05, 3.63) is 18.1 Å². The molecule has 1 fully saturated rings. The van der Waals surface area contributed by atoms with Gasteiger partial charge in [0.2, 0.25) is 5.91 Å². The van der Waals surface area contributed by atoms with Gasteiger partial charge in [0.1, 0.15) is 11.5 Å². The third-order valence-corrected chi connectivity index (χ3v) is 2.83. The van der Waals surface area contributed by atoms with Crippen LogP contribution in [0.2, 0.25) is 0 Å². The van der Waals surface area contributed by atoms with Crippen molar-refractivity contribution < 1.29 is 9.59 Å². The van der Waals surface area contributed by atoms with Crippen LogP contribution in [0.3, 0.4) is 0 Å². The predicted molar refractivity (Wildman–Crippen MR) is 69.9 cm³/mol. The predicted octanol–water partition coefficient (Wildman–Crippen LogP) is -0.495. The van der Waals surface area contributed by atoms with Crippen LogP contribution in [0.25, 0.3) is 0 Å². The molecule has 7 heteroatoms. The van der Waals surface area contributed by atoms with Crippen LogP contribution < -0.4 is 10.2 Å². The van der Waals surface area contributed by atoms with E-state index in [0.717, 1.165) is 6.42 Å². The van der Waals surface area contributed by atoms with Crippen LogP contribution >= 0.6 is 0 Å². The maximum Gasteiger partial charge on any atom is 0.273 e. The number of aromatic nitrogens is 2. The fourth-order valence-electron chi connectivity index (χ4n) is 1.84. The molecule has 7 nitrogen and oxygen atoms in total. The van der Waals surface area contributed by atoms with Crippen LogP contribution in [0.4, 0.5) is 5.82 Å².